The lowest BCUT2D eigenvalue weighted by Gasteiger charge is -2.21. The Morgan fingerprint density at radius 1 is 1.05 bits per heavy atom. The minimum atomic E-state index is -0.750. The van der Waals surface area contributed by atoms with Crippen LogP contribution in [0.4, 0.5) is 5.69 Å². The second-order valence-electron chi connectivity index (χ2n) is 9.26. The lowest BCUT2D eigenvalue weighted by Crippen LogP contribution is -2.45. The second-order valence-corrected chi connectivity index (χ2v) is 9.67. The molecule has 4 rings (SSSR count). The van der Waals surface area contributed by atoms with E-state index in [1.807, 2.05) is 19.0 Å². The van der Waals surface area contributed by atoms with E-state index in [0.717, 1.165) is 11.0 Å². The van der Waals surface area contributed by atoms with E-state index in [4.69, 9.17) is 21.1 Å². The number of fused-ring (bicyclic) bond motifs is 1. The first-order valence-electron chi connectivity index (χ1n) is 12.0. The number of carbonyl (C=O) groups excluding carboxylic acids is 2. The van der Waals surface area contributed by atoms with Crippen molar-refractivity contribution in [1.82, 2.24) is 18.9 Å². The number of halogens is 1. The summed E-state index contributed by atoms with van der Waals surface area (Å²) in [6, 6.07) is 9.72. The maximum Gasteiger partial charge on any atom is 0.332 e. The standard InChI is InChI=1S/C26H30ClN5O6/c1-29(2)16-9-10-30(13-16)24(34)15-32-25(35)17-7-5-6-8-20(17)31(26(32)36)14-23(33)28-19-11-18(27)21(37-3)12-22(19)38-4/h5-8,11-12,16H,9-10,13-15H2,1-4H3,(H,28,33). The number of nitrogens with zero attached hydrogens (tertiary/aromatic N) is 4. The van der Waals surface area contributed by atoms with Gasteiger partial charge in [-0.2, -0.15) is 0 Å². The molecule has 38 heavy (non-hydrogen) atoms. The van der Waals surface area contributed by atoms with E-state index in [1.54, 1.807) is 29.2 Å². The second kappa shape index (κ2) is 11.3. The molecule has 2 amide bonds. The van der Waals surface area contributed by atoms with Crippen LogP contribution in [0.2, 0.25) is 5.02 Å². The third-order valence-corrected chi connectivity index (χ3v) is 7.02. The molecule has 1 atom stereocenters. The van der Waals surface area contributed by atoms with Gasteiger partial charge < -0.3 is 24.6 Å². The number of rotatable bonds is 8. The number of nitrogens with one attached hydrogen (secondary N) is 1. The molecule has 3 aromatic rings. The van der Waals surface area contributed by atoms with Gasteiger partial charge in [0.15, 0.2) is 0 Å². The normalized spacial score (nSPS) is 15.2. The molecule has 2 aromatic carbocycles. The van der Waals surface area contributed by atoms with Crippen molar-refractivity contribution in [3.05, 3.63) is 62.3 Å². The van der Waals surface area contributed by atoms with E-state index in [0.29, 0.717) is 24.6 Å². The molecule has 1 saturated heterocycles. The van der Waals surface area contributed by atoms with Gasteiger partial charge in [-0.05, 0) is 38.7 Å². The summed E-state index contributed by atoms with van der Waals surface area (Å²) in [5.41, 5.74) is -0.758. The largest absolute Gasteiger partial charge is 0.495 e. The van der Waals surface area contributed by atoms with Crippen LogP contribution in [0.1, 0.15) is 6.42 Å². The van der Waals surface area contributed by atoms with Gasteiger partial charge >= 0.3 is 5.69 Å². The molecule has 1 aliphatic heterocycles. The third kappa shape index (κ3) is 5.39. The summed E-state index contributed by atoms with van der Waals surface area (Å²) in [6.45, 7) is 0.253. The molecule has 2 heterocycles. The van der Waals surface area contributed by atoms with Crippen LogP contribution in [-0.2, 0) is 22.7 Å². The van der Waals surface area contributed by atoms with Gasteiger partial charge in [-0.25, -0.2) is 4.79 Å². The Labute approximate surface area is 224 Å². The Morgan fingerprint density at radius 3 is 2.42 bits per heavy atom. The number of hydrogen-bond acceptors (Lipinski definition) is 7. The van der Waals surface area contributed by atoms with Crippen molar-refractivity contribution in [2.45, 2.75) is 25.6 Å². The molecule has 11 nitrogen and oxygen atoms in total. The van der Waals surface area contributed by atoms with E-state index in [-0.39, 0.29) is 33.6 Å². The van der Waals surface area contributed by atoms with Crippen LogP contribution in [-0.4, -0.2) is 78.2 Å². The molecule has 0 spiro atoms. The molecule has 1 unspecified atom stereocenters. The molecule has 1 aliphatic rings. The lowest BCUT2D eigenvalue weighted by molar-refractivity contribution is -0.131. The first kappa shape index (κ1) is 27.2. The first-order chi connectivity index (χ1) is 18.1. The number of ether oxygens (including phenoxy) is 2. The Morgan fingerprint density at radius 2 is 1.76 bits per heavy atom. The number of anilines is 1. The molecule has 1 fully saturated rings. The topological polar surface area (TPSA) is 115 Å². The van der Waals surface area contributed by atoms with Gasteiger partial charge in [0.2, 0.25) is 11.8 Å². The summed E-state index contributed by atoms with van der Waals surface area (Å²) in [6.07, 6.45) is 0.814. The van der Waals surface area contributed by atoms with Crippen molar-refractivity contribution < 1.29 is 19.1 Å². The fraction of sp³-hybridized carbons (Fsp3) is 0.385. The summed E-state index contributed by atoms with van der Waals surface area (Å²) < 4.78 is 12.6. The van der Waals surface area contributed by atoms with Crippen molar-refractivity contribution in [1.29, 1.82) is 0 Å². The number of amides is 2. The highest BCUT2D eigenvalue weighted by atomic mass is 35.5. The smallest absolute Gasteiger partial charge is 0.332 e. The Kier molecular flexibility index (Phi) is 8.08. The Balaban J connectivity index is 1.65. The maximum atomic E-state index is 13.5. The van der Waals surface area contributed by atoms with E-state index in [1.165, 1.54) is 30.9 Å². The van der Waals surface area contributed by atoms with Crippen LogP contribution < -0.4 is 26.0 Å². The zero-order valence-electron chi connectivity index (χ0n) is 21.7. The molecule has 0 bridgehead atoms. The number of aromatic nitrogens is 2. The molecule has 0 radical (unpaired) electrons. The van der Waals surface area contributed by atoms with Crippen molar-refractivity contribution in [2.75, 3.05) is 46.7 Å². The predicted molar refractivity (Wildman–Crippen MR) is 144 cm³/mol. The zero-order chi connectivity index (χ0) is 27.6. The fourth-order valence-electron chi connectivity index (χ4n) is 4.58. The Bertz CT molecular complexity index is 1500. The number of methoxy groups -OCH3 is 2. The van der Waals surface area contributed by atoms with E-state index in [2.05, 4.69) is 5.32 Å². The molecule has 202 valence electrons. The van der Waals surface area contributed by atoms with Crippen molar-refractivity contribution in [3.8, 4) is 11.5 Å². The van der Waals surface area contributed by atoms with E-state index >= 15 is 0 Å². The average molecular weight is 544 g/mol. The van der Waals surface area contributed by atoms with Crippen LogP contribution in [0, 0.1) is 0 Å². The van der Waals surface area contributed by atoms with Crippen molar-refractivity contribution in [3.63, 3.8) is 0 Å². The molecule has 0 saturated carbocycles. The summed E-state index contributed by atoms with van der Waals surface area (Å²) in [5.74, 6) is -0.191. The molecule has 0 aliphatic carbocycles. The number of carbonyl (C=O) groups is 2. The van der Waals surface area contributed by atoms with E-state index in [9.17, 15) is 19.2 Å². The minimum absolute atomic E-state index is 0.219. The van der Waals surface area contributed by atoms with Crippen LogP contribution in [0.3, 0.4) is 0 Å². The molecule has 1 aromatic heterocycles. The van der Waals surface area contributed by atoms with Gasteiger partial charge in [0, 0.05) is 25.2 Å². The number of likely N-dealkylation sites (N-methyl/N-ethyl adjacent to an activating group) is 1. The number of para-hydroxylation sites is 1. The van der Waals surface area contributed by atoms with Crippen LogP contribution in [0.25, 0.3) is 10.9 Å². The first-order valence-corrected chi connectivity index (χ1v) is 12.4. The monoisotopic (exact) mass is 543 g/mol. The third-order valence-electron chi connectivity index (χ3n) is 6.72. The molecular formula is C26H30ClN5O6. The lowest BCUT2D eigenvalue weighted by atomic mass is 10.2. The van der Waals surface area contributed by atoms with Crippen LogP contribution in [0.5, 0.6) is 11.5 Å². The van der Waals surface area contributed by atoms with Gasteiger partial charge in [0.25, 0.3) is 5.56 Å². The highest BCUT2D eigenvalue weighted by Crippen LogP contribution is 2.35. The highest BCUT2D eigenvalue weighted by molar-refractivity contribution is 6.32. The van der Waals surface area contributed by atoms with E-state index < -0.39 is 30.2 Å². The van der Waals surface area contributed by atoms with Gasteiger partial charge in [0.05, 0.1) is 35.8 Å². The van der Waals surface area contributed by atoms with Crippen LogP contribution >= 0.6 is 11.6 Å². The summed E-state index contributed by atoms with van der Waals surface area (Å²) in [7, 11) is 6.79. The number of benzene rings is 2. The van der Waals surface area contributed by atoms with Gasteiger partial charge in [-0.3, -0.25) is 23.5 Å². The predicted octanol–water partition coefficient (Wildman–Crippen LogP) is 1.64. The van der Waals surface area contributed by atoms with Crippen molar-refractivity contribution in [2.24, 2.45) is 0 Å². The summed E-state index contributed by atoms with van der Waals surface area (Å²) in [5, 5.41) is 3.19. The van der Waals surface area contributed by atoms with Gasteiger partial charge in [-0.1, -0.05) is 23.7 Å². The molecule has 12 heteroatoms. The minimum Gasteiger partial charge on any atom is -0.495 e. The maximum absolute atomic E-state index is 13.5. The molecular weight excluding hydrogens is 514 g/mol. The number of likely N-dealkylation sites (tertiary alicyclic amines) is 1. The summed E-state index contributed by atoms with van der Waals surface area (Å²) in [4.78, 5) is 56.5. The van der Waals surface area contributed by atoms with Gasteiger partial charge in [0.1, 0.15) is 24.6 Å². The highest BCUT2D eigenvalue weighted by Gasteiger charge is 2.28. The zero-order valence-corrected chi connectivity index (χ0v) is 22.4. The number of hydrogen-bond donors (Lipinski definition) is 1. The Hall–Kier alpha value is -3.83. The van der Waals surface area contributed by atoms with Gasteiger partial charge in [-0.15, -0.1) is 0 Å². The quantitative estimate of drug-likeness (QED) is 0.459. The van der Waals surface area contributed by atoms with Crippen molar-refractivity contribution >= 4 is 40.0 Å². The summed E-state index contributed by atoms with van der Waals surface area (Å²) >= 11 is 6.21. The van der Waals surface area contributed by atoms with Crippen LogP contribution in [0.15, 0.2) is 46.0 Å². The molecule has 1 N–H and O–H groups in total. The fourth-order valence-corrected chi connectivity index (χ4v) is 4.82. The average Bonchev–Trinajstić information content (AvgIpc) is 3.40. The SMILES string of the molecule is COc1cc(OC)c(NC(=O)Cn2c(=O)n(CC(=O)N3CCC(N(C)C)C3)c(=O)c3ccccc32)cc1Cl.